The van der Waals surface area contributed by atoms with Gasteiger partial charge in [0.2, 0.25) is 0 Å². The summed E-state index contributed by atoms with van der Waals surface area (Å²) in [7, 11) is 0. The molecule has 0 saturated carbocycles. The van der Waals surface area contributed by atoms with E-state index in [1.54, 1.807) is 24.3 Å². The molecule has 0 aliphatic rings. The normalized spacial score (nSPS) is 10.8. The van der Waals surface area contributed by atoms with Crippen molar-refractivity contribution in [3.63, 3.8) is 0 Å². The lowest BCUT2D eigenvalue weighted by Gasteiger charge is -2.02. The van der Waals surface area contributed by atoms with E-state index >= 15 is 0 Å². The molecule has 0 spiro atoms. The maximum absolute atomic E-state index is 13.5. The second-order valence-electron chi connectivity index (χ2n) is 5.34. The fourth-order valence-electron chi connectivity index (χ4n) is 2.27. The molecule has 1 aromatic heterocycles. The van der Waals surface area contributed by atoms with Crippen LogP contribution in [0.5, 0.6) is 5.75 Å². The summed E-state index contributed by atoms with van der Waals surface area (Å²) >= 11 is 0. The zero-order chi connectivity index (χ0) is 18.4. The molecule has 1 heterocycles. The molecular weight excluding hydrogens is 335 g/mol. The molecular formula is C19H17FN4O2. The summed E-state index contributed by atoms with van der Waals surface area (Å²) < 4.78 is 18.9. The Morgan fingerprint density at radius 1 is 1.27 bits per heavy atom. The third-order valence-corrected chi connectivity index (χ3v) is 3.56. The van der Waals surface area contributed by atoms with Gasteiger partial charge in [0.1, 0.15) is 17.3 Å². The van der Waals surface area contributed by atoms with E-state index in [9.17, 15) is 9.18 Å². The Labute approximate surface area is 149 Å². The van der Waals surface area contributed by atoms with Crippen molar-refractivity contribution in [1.82, 2.24) is 15.6 Å². The van der Waals surface area contributed by atoms with Crippen LogP contribution in [0.1, 0.15) is 23.0 Å². The molecule has 3 aromatic rings. The molecule has 2 N–H and O–H groups in total. The van der Waals surface area contributed by atoms with Gasteiger partial charge in [-0.2, -0.15) is 10.2 Å². The zero-order valence-corrected chi connectivity index (χ0v) is 14.1. The molecule has 6 nitrogen and oxygen atoms in total. The summed E-state index contributed by atoms with van der Waals surface area (Å²) in [5.74, 6) is -0.112. The fraction of sp³-hybridized carbons (Fsp3) is 0.105. The lowest BCUT2D eigenvalue weighted by Crippen LogP contribution is -2.18. The minimum absolute atomic E-state index is 0.250. The van der Waals surface area contributed by atoms with Crippen molar-refractivity contribution in [2.45, 2.75) is 6.92 Å². The van der Waals surface area contributed by atoms with Crippen LogP contribution in [0.15, 0.2) is 59.7 Å². The predicted octanol–water partition coefficient (Wildman–Crippen LogP) is 3.38. The van der Waals surface area contributed by atoms with Crippen molar-refractivity contribution in [2.24, 2.45) is 5.10 Å². The van der Waals surface area contributed by atoms with Crippen LogP contribution in [-0.4, -0.2) is 28.9 Å². The number of halogens is 1. The highest BCUT2D eigenvalue weighted by molar-refractivity contribution is 5.94. The highest BCUT2D eigenvalue weighted by Gasteiger charge is 2.10. The van der Waals surface area contributed by atoms with E-state index in [-0.39, 0.29) is 11.3 Å². The summed E-state index contributed by atoms with van der Waals surface area (Å²) in [5.41, 5.74) is 4.34. The first-order chi connectivity index (χ1) is 12.7. The summed E-state index contributed by atoms with van der Waals surface area (Å²) in [6, 6.07) is 15.2. The largest absolute Gasteiger partial charge is 0.494 e. The van der Waals surface area contributed by atoms with Crippen molar-refractivity contribution in [1.29, 1.82) is 0 Å². The van der Waals surface area contributed by atoms with Gasteiger partial charge in [0.05, 0.1) is 18.5 Å². The number of ether oxygens (including phenoxy) is 1. The van der Waals surface area contributed by atoms with Gasteiger partial charge in [0.15, 0.2) is 0 Å². The monoisotopic (exact) mass is 352 g/mol. The van der Waals surface area contributed by atoms with E-state index in [1.807, 2.05) is 31.2 Å². The number of hydrogen-bond donors (Lipinski definition) is 2. The Morgan fingerprint density at radius 2 is 2.04 bits per heavy atom. The topological polar surface area (TPSA) is 79.4 Å². The predicted molar refractivity (Wildman–Crippen MR) is 96.7 cm³/mol. The quantitative estimate of drug-likeness (QED) is 0.527. The van der Waals surface area contributed by atoms with Gasteiger partial charge in [-0.3, -0.25) is 9.89 Å². The van der Waals surface area contributed by atoms with Crippen LogP contribution in [0.3, 0.4) is 0 Å². The van der Waals surface area contributed by atoms with Crippen LogP contribution in [-0.2, 0) is 0 Å². The molecule has 0 bridgehead atoms. The summed E-state index contributed by atoms with van der Waals surface area (Å²) in [5, 5.41) is 10.6. The maximum atomic E-state index is 13.5. The first-order valence-corrected chi connectivity index (χ1v) is 8.04. The van der Waals surface area contributed by atoms with Crippen molar-refractivity contribution >= 4 is 12.1 Å². The molecule has 26 heavy (non-hydrogen) atoms. The lowest BCUT2D eigenvalue weighted by atomic mass is 10.1. The molecule has 0 fully saturated rings. The minimum Gasteiger partial charge on any atom is -0.494 e. The van der Waals surface area contributed by atoms with Gasteiger partial charge in [0, 0.05) is 11.1 Å². The highest BCUT2D eigenvalue weighted by atomic mass is 19.1. The number of benzene rings is 2. The van der Waals surface area contributed by atoms with E-state index in [2.05, 4.69) is 20.7 Å². The highest BCUT2D eigenvalue weighted by Crippen LogP contribution is 2.21. The molecule has 132 valence electrons. The third kappa shape index (κ3) is 4.13. The van der Waals surface area contributed by atoms with Crippen molar-refractivity contribution in [2.75, 3.05) is 6.61 Å². The lowest BCUT2D eigenvalue weighted by molar-refractivity contribution is 0.0950. The number of aromatic nitrogens is 2. The van der Waals surface area contributed by atoms with E-state index < -0.39 is 11.7 Å². The third-order valence-electron chi connectivity index (χ3n) is 3.56. The number of hydrazone groups is 1. The first-order valence-electron chi connectivity index (χ1n) is 8.04. The Hall–Kier alpha value is -3.48. The van der Waals surface area contributed by atoms with Gasteiger partial charge in [0.25, 0.3) is 5.91 Å². The van der Waals surface area contributed by atoms with E-state index in [1.165, 1.54) is 12.3 Å². The number of H-pyrrole nitrogens is 1. The number of aromatic amines is 1. The van der Waals surface area contributed by atoms with Crippen molar-refractivity contribution in [3.05, 3.63) is 71.7 Å². The van der Waals surface area contributed by atoms with Gasteiger partial charge in [-0.05, 0) is 43.3 Å². The van der Waals surface area contributed by atoms with Crippen molar-refractivity contribution < 1.29 is 13.9 Å². The minimum atomic E-state index is -0.470. The maximum Gasteiger partial charge on any atom is 0.289 e. The van der Waals surface area contributed by atoms with Crippen LogP contribution in [0.2, 0.25) is 0 Å². The number of nitrogens with zero attached hydrogens (tertiary/aromatic N) is 2. The second kappa shape index (κ2) is 8.06. The number of hydrogen-bond acceptors (Lipinski definition) is 4. The Bertz CT molecular complexity index is 919. The van der Waals surface area contributed by atoms with E-state index in [4.69, 9.17) is 4.74 Å². The average molecular weight is 352 g/mol. The average Bonchev–Trinajstić information content (AvgIpc) is 3.14. The van der Waals surface area contributed by atoms with E-state index in [0.717, 1.165) is 11.3 Å². The van der Waals surface area contributed by atoms with Gasteiger partial charge < -0.3 is 4.74 Å². The van der Waals surface area contributed by atoms with E-state index in [0.29, 0.717) is 12.3 Å². The standard InChI is InChI=1S/C19H17FN4O2/c1-2-26-15-9-7-13(8-10-15)17-11-18(23-22-17)19(25)24-21-12-14-5-3-4-6-16(14)20/h3-12H,2H2,1H3,(H,22,23)(H,24,25)/b21-12+. The molecule has 0 aliphatic heterocycles. The number of nitrogens with one attached hydrogen (secondary N) is 2. The summed E-state index contributed by atoms with van der Waals surface area (Å²) in [6.07, 6.45) is 1.25. The Morgan fingerprint density at radius 3 is 2.77 bits per heavy atom. The van der Waals surface area contributed by atoms with Gasteiger partial charge in [-0.25, -0.2) is 9.82 Å². The van der Waals surface area contributed by atoms with Crippen LogP contribution in [0.4, 0.5) is 4.39 Å². The molecule has 7 heteroatoms. The van der Waals surface area contributed by atoms with Crippen LogP contribution >= 0.6 is 0 Å². The van der Waals surface area contributed by atoms with Crippen LogP contribution < -0.4 is 10.2 Å². The number of amides is 1. The molecule has 1 amide bonds. The Kier molecular flexibility index (Phi) is 5.38. The molecule has 0 unspecified atom stereocenters. The number of carbonyl (C=O) groups excluding carboxylic acids is 1. The van der Waals surface area contributed by atoms with Gasteiger partial charge in [-0.1, -0.05) is 18.2 Å². The first kappa shape index (κ1) is 17.3. The zero-order valence-electron chi connectivity index (χ0n) is 14.1. The molecule has 0 saturated heterocycles. The van der Waals surface area contributed by atoms with Crippen LogP contribution in [0.25, 0.3) is 11.3 Å². The van der Waals surface area contributed by atoms with Gasteiger partial charge >= 0.3 is 0 Å². The Balaban J connectivity index is 1.65. The van der Waals surface area contributed by atoms with Gasteiger partial charge in [-0.15, -0.1) is 0 Å². The number of carbonyl (C=O) groups is 1. The molecule has 0 radical (unpaired) electrons. The smallest absolute Gasteiger partial charge is 0.289 e. The SMILES string of the molecule is CCOc1ccc(-c2cc(C(=O)N/N=C/c3ccccc3F)[nH]n2)cc1. The molecule has 3 rings (SSSR count). The number of rotatable bonds is 6. The summed E-state index contributed by atoms with van der Waals surface area (Å²) in [4.78, 5) is 12.1. The molecule has 0 atom stereocenters. The molecule has 2 aromatic carbocycles. The fourth-order valence-corrected chi connectivity index (χ4v) is 2.27. The summed E-state index contributed by atoms with van der Waals surface area (Å²) in [6.45, 7) is 2.51. The van der Waals surface area contributed by atoms with Crippen LogP contribution in [0, 0.1) is 5.82 Å². The second-order valence-corrected chi connectivity index (χ2v) is 5.34. The van der Waals surface area contributed by atoms with Crippen molar-refractivity contribution in [3.8, 4) is 17.0 Å². The molecule has 0 aliphatic carbocycles.